The predicted octanol–water partition coefficient (Wildman–Crippen LogP) is 3.14. The first-order valence-electron chi connectivity index (χ1n) is 10.5. The van der Waals surface area contributed by atoms with Crippen LogP contribution < -0.4 is 5.32 Å². The molecule has 6 nitrogen and oxygen atoms in total. The van der Waals surface area contributed by atoms with Crippen molar-refractivity contribution in [1.29, 1.82) is 0 Å². The highest BCUT2D eigenvalue weighted by molar-refractivity contribution is 5.88. The molecule has 1 rings (SSSR count). The average molecular weight is 383 g/mol. The fourth-order valence-corrected chi connectivity index (χ4v) is 3.81. The summed E-state index contributed by atoms with van der Waals surface area (Å²) in [5, 5.41) is 2.90. The van der Waals surface area contributed by atoms with Crippen molar-refractivity contribution in [2.75, 3.05) is 13.2 Å². The van der Waals surface area contributed by atoms with E-state index < -0.39 is 12.0 Å². The lowest BCUT2D eigenvalue weighted by Crippen LogP contribution is -2.46. The van der Waals surface area contributed by atoms with Crippen molar-refractivity contribution in [2.45, 2.75) is 85.7 Å². The molecule has 0 aliphatic carbocycles. The second kappa shape index (κ2) is 11.3. The first-order chi connectivity index (χ1) is 12.8. The Hall–Kier alpha value is -1.59. The van der Waals surface area contributed by atoms with Gasteiger partial charge < -0.3 is 15.0 Å². The van der Waals surface area contributed by atoms with Gasteiger partial charge >= 0.3 is 5.97 Å². The van der Waals surface area contributed by atoms with Crippen molar-refractivity contribution in [3.63, 3.8) is 0 Å². The Bertz CT molecular complexity index is 506. The van der Waals surface area contributed by atoms with Crippen molar-refractivity contribution in [3.8, 4) is 0 Å². The van der Waals surface area contributed by atoms with E-state index in [1.54, 1.807) is 4.90 Å². The van der Waals surface area contributed by atoms with Crippen LogP contribution in [0.1, 0.15) is 73.6 Å². The maximum atomic E-state index is 12.9. The number of carbonyl (C=O) groups excluding carboxylic acids is 3. The number of likely N-dealkylation sites (tertiary alicyclic amines) is 1. The lowest BCUT2D eigenvalue weighted by atomic mass is 9.88. The van der Waals surface area contributed by atoms with E-state index in [4.69, 9.17) is 4.74 Å². The van der Waals surface area contributed by atoms with Crippen LogP contribution in [0.2, 0.25) is 0 Å². The molecule has 2 amide bonds. The molecular weight excluding hydrogens is 344 g/mol. The molecule has 0 saturated carbocycles. The summed E-state index contributed by atoms with van der Waals surface area (Å²) in [6, 6.07) is -0.489. The Labute approximate surface area is 164 Å². The first-order valence-corrected chi connectivity index (χ1v) is 10.5. The van der Waals surface area contributed by atoms with Crippen LogP contribution in [0.15, 0.2) is 0 Å². The zero-order chi connectivity index (χ0) is 20.6. The quantitative estimate of drug-likeness (QED) is 0.589. The molecule has 1 aliphatic heterocycles. The van der Waals surface area contributed by atoms with Gasteiger partial charge in [0.15, 0.2) is 6.61 Å². The SMILES string of the molecule is CCC(NC(=O)COC(=O)[C@@H]1CCCN1C(=O)C(CC)[C@H](C)CC)C(C)C. The van der Waals surface area contributed by atoms with Crippen LogP contribution in [-0.2, 0) is 19.1 Å². The van der Waals surface area contributed by atoms with E-state index in [0.717, 1.165) is 25.7 Å². The third kappa shape index (κ3) is 6.51. The van der Waals surface area contributed by atoms with Crippen LogP contribution in [0, 0.1) is 17.8 Å². The summed E-state index contributed by atoms with van der Waals surface area (Å²) in [6.45, 7) is 12.6. The standard InChI is InChI=1S/C21H38N2O4/c1-7-15(6)16(8-2)20(25)23-12-10-11-18(23)21(26)27-13-19(24)22-17(9-3)14(4)5/h14-18H,7-13H2,1-6H3,(H,22,24)/t15-,16?,17?,18+/m1/s1. The number of esters is 1. The van der Waals surface area contributed by atoms with E-state index in [1.165, 1.54) is 0 Å². The fourth-order valence-electron chi connectivity index (χ4n) is 3.81. The number of rotatable bonds is 10. The lowest BCUT2D eigenvalue weighted by molar-refractivity contribution is -0.157. The van der Waals surface area contributed by atoms with E-state index in [9.17, 15) is 14.4 Å². The molecule has 27 heavy (non-hydrogen) atoms. The van der Waals surface area contributed by atoms with Gasteiger partial charge in [-0.3, -0.25) is 9.59 Å². The molecule has 1 aliphatic rings. The number of nitrogens with one attached hydrogen (secondary N) is 1. The number of nitrogens with zero attached hydrogens (tertiary/aromatic N) is 1. The van der Waals surface area contributed by atoms with Crippen molar-refractivity contribution in [2.24, 2.45) is 17.8 Å². The summed E-state index contributed by atoms with van der Waals surface area (Å²) in [5.41, 5.74) is 0. The van der Waals surface area contributed by atoms with Gasteiger partial charge in [-0.15, -0.1) is 0 Å². The Morgan fingerprint density at radius 3 is 2.26 bits per heavy atom. The third-order valence-electron chi connectivity index (χ3n) is 5.83. The normalized spacial score (nSPS) is 20.3. The van der Waals surface area contributed by atoms with Crippen molar-refractivity contribution < 1.29 is 19.1 Å². The minimum absolute atomic E-state index is 0.0432. The minimum Gasteiger partial charge on any atom is -0.454 e. The van der Waals surface area contributed by atoms with Crippen LogP contribution in [0.25, 0.3) is 0 Å². The largest absolute Gasteiger partial charge is 0.454 e. The summed E-state index contributed by atoms with van der Waals surface area (Å²) in [6.07, 6.45) is 3.92. The van der Waals surface area contributed by atoms with Crippen LogP contribution in [-0.4, -0.2) is 47.9 Å². The topological polar surface area (TPSA) is 75.7 Å². The molecule has 1 N–H and O–H groups in total. The van der Waals surface area contributed by atoms with Gasteiger partial charge in [-0.2, -0.15) is 0 Å². The maximum absolute atomic E-state index is 12.9. The Morgan fingerprint density at radius 2 is 1.74 bits per heavy atom. The van der Waals surface area contributed by atoms with E-state index in [0.29, 0.717) is 18.9 Å². The van der Waals surface area contributed by atoms with Gasteiger partial charge in [0.1, 0.15) is 6.04 Å². The molecule has 0 aromatic rings. The van der Waals surface area contributed by atoms with Crippen LogP contribution in [0.5, 0.6) is 0 Å². The summed E-state index contributed by atoms with van der Waals surface area (Å²) in [5.74, 6) is -0.167. The monoisotopic (exact) mass is 382 g/mol. The Kier molecular flexibility index (Phi) is 9.81. The molecule has 1 saturated heterocycles. The van der Waals surface area contributed by atoms with E-state index >= 15 is 0 Å². The van der Waals surface area contributed by atoms with Crippen molar-refractivity contribution in [1.82, 2.24) is 10.2 Å². The molecule has 0 spiro atoms. The Morgan fingerprint density at radius 1 is 1.07 bits per heavy atom. The van der Waals surface area contributed by atoms with Crippen LogP contribution in [0.3, 0.4) is 0 Å². The number of hydrogen-bond acceptors (Lipinski definition) is 4. The molecule has 156 valence electrons. The second-order valence-corrected chi connectivity index (χ2v) is 8.02. The van der Waals surface area contributed by atoms with Crippen molar-refractivity contribution in [3.05, 3.63) is 0 Å². The van der Waals surface area contributed by atoms with Gasteiger partial charge in [0, 0.05) is 18.5 Å². The van der Waals surface area contributed by atoms with Gasteiger partial charge in [-0.05, 0) is 37.5 Å². The summed E-state index contributed by atoms with van der Waals surface area (Å²) in [7, 11) is 0. The van der Waals surface area contributed by atoms with Crippen LogP contribution >= 0.6 is 0 Å². The molecule has 0 aromatic carbocycles. The summed E-state index contributed by atoms with van der Waals surface area (Å²) >= 11 is 0. The molecule has 2 unspecified atom stereocenters. The number of carbonyl (C=O) groups is 3. The molecule has 1 heterocycles. The smallest absolute Gasteiger partial charge is 0.329 e. The highest BCUT2D eigenvalue weighted by Gasteiger charge is 2.38. The molecule has 6 heteroatoms. The first kappa shape index (κ1) is 23.4. The minimum atomic E-state index is -0.560. The fraction of sp³-hybridized carbons (Fsp3) is 0.857. The predicted molar refractivity (Wildman–Crippen MR) is 106 cm³/mol. The highest BCUT2D eigenvalue weighted by Crippen LogP contribution is 2.27. The van der Waals surface area contributed by atoms with Crippen molar-refractivity contribution >= 4 is 17.8 Å². The third-order valence-corrected chi connectivity index (χ3v) is 5.83. The lowest BCUT2D eigenvalue weighted by Gasteiger charge is -2.30. The molecule has 1 fully saturated rings. The summed E-state index contributed by atoms with van der Waals surface area (Å²) in [4.78, 5) is 39.2. The zero-order valence-corrected chi connectivity index (χ0v) is 17.9. The van der Waals surface area contributed by atoms with Crippen LogP contribution in [0.4, 0.5) is 0 Å². The highest BCUT2D eigenvalue weighted by atomic mass is 16.5. The average Bonchev–Trinajstić information content (AvgIpc) is 3.13. The van der Waals surface area contributed by atoms with Gasteiger partial charge in [0.2, 0.25) is 5.91 Å². The molecular formula is C21H38N2O4. The summed E-state index contributed by atoms with van der Waals surface area (Å²) < 4.78 is 5.25. The Balaban J connectivity index is 2.63. The van der Waals surface area contributed by atoms with Gasteiger partial charge in [-0.25, -0.2) is 4.79 Å². The molecule has 0 radical (unpaired) electrons. The van der Waals surface area contributed by atoms with Gasteiger partial charge in [0.25, 0.3) is 5.91 Å². The molecule has 0 bridgehead atoms. The second-order valence-electron chi connectivity index (χ2n) is 8.02. The van der Waals surface area contributed by atoms with E-state index in [-0.39, 0.29) is 36.3 Å². The number of amides is 2. The van der Waals surface area contributed by atoms with Gasteiger partial charge in [-0.1, -0.05) is 48.0 Å². The number of hydrogen-bond donors (Lipinski definition) is 1. The zero-order valence-electron chi connectivity index (χ0n) is 17.9. The van der Waals surface area contributed by atoms with E-state index in [2.05, 4.69) is 19.2 Å². The number of ether oxygens (including phenoxy) is 1. The van der Waals surface area contributed by atoms with Gasteiger partial charge in [0.05, 0.1) is 0 Å². The van der Waals surface area contributed by atoms with E-state index in [1.807, 2.05) is 27.7 Å². The molecule has 0 aromatic heterocycles. The molecule has 4 atom stereocenters. The maximum Gasteiger partial charge on any atom is 0.329 e.